The molecule has 0 aliphatic carbocycles. The Morgan fingerprint density at radius 3 is 2.75 bits per heavy atom. The van der Waals surface area contributed by atoms with Crippen molar-refractivity contribution in [1.82, 2.24) is 0 Å². The number of nitrogens with zero attached hydrogens (tertiary/aromatic N) is 1. The Kier molecular flexibility index (Phi) is 4.53. The SMILES string of the molecule is CCCC(C#N)C(=O)Nc1ccccc1C. The number of anilines is 1. The first-order chi connectivity index (χ1) is 7.69. The molecule has 3 heteroatoms. The van der Waals surface area contributed by atoms with E-state index in [9.17, 15) is 4.79 Å². The highest BCUT2D eigenvalue weighted by Gasteiger charge is 2.16. The third kappa shape index (κ3) is 3.09. The highest BCUT2D eigenvalue weighted by atomic mass is 16.1. The fourth-order valence-electron chi connectivity index (χ4n) is 1.48. The second-order valence-corrected chi connectivity index (χ2v) is 3.77. The van der Waals surface area contributed by atoms with Crippen molar-refractivity contribution in [3.8, 4) is 6.07 Å². The lowest BCUT2D eigenvalue weighted by atomic mass is 10.0. The van der Waals surface area contributed by atoms with Crippen molar-refractivity contribution in [3.05, 3.63) is 29.8 Å². The van der Waals surface area contributed by atoms with Gasteiger partial charge in [0.2, 0.25) is 5.91 Å². The van der Waals surface area contributed by atoms with Gasteiger partial charge in [-0.1, -0.05) is 31.5 Å². The summed E-state index contributed by atoms with van der Waals surface area (Å²) in [5.41, 5.74) is 1.79. The van der Waals surface area contributed by atoms with Gasteiger partial charge in [-0.05, 0) is 25.0 Å². The van der Waals surface area contributed by atoms with E-state index < -0.39 is 5.92 Å². The van der Waals surface area contributed by atoms with Gasteiger partial charge < -0.3 is 5.32 Å². The van der Waals surface area contributed by atoms with Crippen LogP contribution < -0.4 is 5.32 Å². The molecule has 1 aromatic carbocycles. The third-order valence-electron chi connectivity index (χ3n) is 2.45. The second-order valence-electron chi connectivity index (χ2n) is 3.77. The Morgan fingerprint density at radius 2 is 2.19 bits per heavy atom. The third-order valence-corrected chi connectivity index (χ3v) is 2.45. The zero-order chi connectivity index (χ0) is 12.0. The summed E-state index contributed by atoms with van der Waals surface area (Å²) in [5, 5.41) is 11.6. The lowest BCUT2D eigenvalue weighted by Gasteiger charge is -2.10. The van der Waals surface area contributed by atoms with E-state index in [4.69, 9.17) is 5.26 Å². The molecule has 0 aliphatic rings. The number of benzene rings is 1. The number of amides is 1. The molecule has 0 heterocycles. The van der Waals surface area contributed by atoms with Crippen LogP contribution in [0.2, 0.25) is 0 Å². The zero-order valence-electron chi connectivity index (χ0n) is 9.66. The van der Waals surface area contributed by atoms with Crippen LogP contribution in [0.15, 0.2) is 24.3 Å². The van der Waals surface area contributed by atoms with Crippen LogP contribution in [0.4, 0.5) is 5.69 Å². The molecule has 0 bridgehead atoms. The van der Waals surface area contributed by atoms with Gasteiger partial charge in [0.15, 0.2) is 0 Å². The molecule has 0 saturated heterocycles. The first kappa shape index (κ1) is 12.3. The molecule has 0 spiro atoms. The number of nitrogens with one attached hydrogen (secondary N) is 1. The van der Waals surface area contributed by atoms with Crippen molar-refractivity contribution >= 4 is 11.6 Å². The minimum Gasteiger partial charge on any atom is -0.325 e. The summed E-state index contributed by atoms with van der Waals surface area (Å²) in [5.74, 6) is -0.761. The average Bonchev–Trinajstić information content (AvgIpc) is 2.29. The van der Waals surface area contributed by atoms with E-state index in [0.29, 0.717) is 6.42 Å². The predicted octanol–water partition coefficient (Wildman–Crippen LogP) is 2.87. The van der Waals surface area contributed by atoms with Gasteiger partial charge >= 0.3 is 0 Å². The van der Waals surface area contributed by atoms with Crippen LogP contribution in [-0.2, 0) is 4.79 Å². The smallest absolute Gasteiger partial charge is 0.241 e. The Balaban J connectivity index is 2.71. The molecule has 84 valence electrons. The van der Waals surface area contributed by atoms with Crippen molar-refractivity contribution in [2.45, 2.75) is 26.7 Å². The molecule has 1 N–H and O–H groups in total. The van der Waals surface area contributed by atoms with Crippen molar-refractivity contribution in [2.75, 3.05) is 5.32 Å². The molecule has 1 atom stereocenters. The summed E-state index contributed by atoms with van der Waals surface area (Å²) >= 11 is 0. The lowest BCUT2D eigenvalue weighted by Crippen LogP contribution is -2.21. The van der Waals surface area contributed by atoms with E-state index >= 15 is 0 Å². The van der Waals surface area contributed by atoms with Gasteiger partial charge in [-0.2, -0.15) is 5.26 Å². The normalized spacial score (nSPS) is 11.6. The van der Waals surface area contributed by atoms with E-state index in [-0.39, 0.29) is 5.91 Å². The van der Waals surface area contributed by atoms with Gasteiger partial charge in [0.1, 0.15) is 5.92 Å². The van der Waals surface area contributed by atoms with Crippen LogP contribution in [0.5, 0.6) is 0 Å². The Labute approximate surface area is 96.1 Å². The molecular formula is C13H16N2O. The van der Waals surface area contributed by atoms with E-state index in [1.54, 1.807) is 0 Å². The number of rotatable bonds is 4. The summed E-state index contributed by atoms with van der Waals surface area (Å²) in [7, 11) is 0. The van der Waals surface area contributed by atoms with Crippen LogP contribution in [0.1, 0.15) is 25.3 Å². The number of carbonyl (C=O) groups excluding carboxylic acids is 1. The molecule has 0 aliphatic heterocycles. The van der Waals surface area contributed by atoms with Crippen LogP contribution in [-0.4, -0.2) is 5.91 Å². The Bertz CT molecular complexity index is 407. The van der Waals surface area contributed by atoms with Crippen LogP contribution in [0.25, 0.3) is 0 Å². The zero-order valence-corrected chi connectivity index (χ0v) is 9.66. The van der Waals surface area contributed by atoms with Gasteiger partial charge in [0.25, 0.3) is 0 Å². The molecule has 1 rings (SSSR count). The number of nitriles is 1. The molecule has 16 heavy (non-hydrogen) atoms. The maximum absolute atomic E-state index is 11.8. The number of hydrogen-bond acceptors (Lipinski definition) is 2. The van der Waals surface area contributed by atoms with E-state index in [2.05, 4.69) is 5.32 Å². The molecule has 0 saturated carbocycles. The second kappa shape index (κ2) is 5.92. The van der Waals surface area contributed by atoms with Crippen molar-refractivity contribution in [2.24, 2.45) is 5.92 Å². The molecule has 0 radical (unpaired) electrons. The monoisotopic (exact) mass is 216 g/mol. The van der Waals surface area contributed by atoms with Gasteiger partial charge in [-0.3, -0.25) is 4.79 Å². The van der Waals surface area contributed by atoms with E-state index in [0.717, 1.165) is 17.7 Å². The summed E-state index contributed by atoms with van der Waals surface area (Å²) in [6.45, 7) is 3.89. The van der Waals surface area contributed by atoms with E-state index in [1.165, 1.54) is 0 Å². The van der Waals surface area contributed by atoms with Crippen LogP contribution in [0, 0.1) is 24.2 Å². The van der Waals surface area contributed by atoms with E-state index in [1.807, 2.05) is 44.2 Å². The Morgan fingerprint density at radius 1 is 1.50 bits per heavy atom. The lowest BCUT2D eigenvalue weighted by molar-refractivity contribution is -0.118. The largest absolute Gasteiger partial charge is 0.325 e. The predicted molar refractivity (Wildman–Crippen MR) is 63.8 cm³/mol. The first-order valence-electron chi connectivity index (χ1n) is 5.45. The van der Waals surface area contributed by atoms with Gasteiger partial charge in [-0.25, -0.2) is 0 Å². The fraction of sp³-hybridized carbons (Fsp3) is 0.385. The molecule has 1 aromatic rings. The highest BCUT2D eigenvalue weighted by Crippen LogP contribution is 2.15. The minimum absolute atomic E-state index is 0.210. The van der Waals surface area contributed by atoms with Gasteiger partial charge in [0, 0.05) is 5.69 Å². The number of carbonyl (C=O) groups is 1. The number of hydrogen-bond donors (Lipinski definition) is 1. The molecule has 0 fully saturated rings. The molecule has 1 amide bonds. The molecule has 1 unspecified atom stereocenters. The number of aryl methyl sites for hydroxylation is 1. The fourth-order valence-corrected chi connectivity index (χ4v) is 1.48. The van der Waals surface area contributed by atoms with Gasteiger partial charge in [-0.15, -0.1) is 0 Å². The van der Waals surface area contributed by atoms with Crippen molar-refractivity contribution in [1.29, 1.82) is 5.26 Å². The van der Waals surface area contributed by atoms with Crippen LogP contribution >= 0.6 is 0 Å². The summed E-state index contributed by atoms with van der Waals surface area (Å²) in [6, 6.07) is 9.58. The topological polar surface area (TPSA) is 52.9 Å². The van der Waals surface area contributed by atoms with Gasteiger partial charge in [0.05, 0.1) is 6.07 Å². The first-order valence-corrected chi connectivity index (χ1v) is 5.45. The average molecular weight is 216 g/mol. The maximum atomic E-state index is 11.8. The summed E-state index contributed by atoms with van der Waals surface area (Å²) in [6.07, 6.45) is 1.44. The standard InChI is InChI=1S/C13H16N2O/c1-3-6-11(9-14)13(16)15-12-8-5-4-7-10(12)2/h4-5,7-8,11H,3,6H2,1-2H3,(H,15,16). The number of para-hydroxylation sites is 1. The highest BCUT2D eigenvalue weighted by molar-refractivity contribution is 5.94. The van der Waals surface area contributed by atoms with Crippen molar-refractivity contribution < 1.29 is 4.79 Å². The molecule has 0 aromatic heterocycles. The molecule has 3 nitrogen and oxygen atoms in total. The summed E-state index contributed by atoms with van der Waals surface area (Å²) in [4.78, 5) is 11.8. The maximum Gasteiger partial charge on any atom is 0.241 e. The summed E-state index contributed by atoms with van der Waals surface area (Å²) < 4.78 is 0. The molecular weight excluding hydrogens is 200 g/mol. The minimum atomic E-state index is -0.551. The Hall–Kier alpha value is -1.82. The quantitative estimate of drug-likeness (QED) is 0.841. The van der Waals surface area contributed by atoms with Crippen molar-refractivity contribution in [3.63, 3.8) is 0 Å². The van der Waals surface area contributed by atoms with Crippen LogP contribution in [0.3, 0.4) is 0 Å².